The maximum atomic E-state index is 4.60. The van der Waals surface area contributed by atoms with E-state index in [4.69, 9.17) is 0 Å². The van der Waals surface area contributed by atoms with Crippen LogP contribution >= 0.6 is 0 Å². The molecular weight excluding hydrogens is 290 g/mol. The zero-order chi connectivity index (χ0) is 16.0. The number of nitrogens with zero attached hydrogens (tertiary/aromatic N) is 7. The smallest absolute Gasteiger partial charge is 0.165 e. The fourth-order valence-electron chi connectivity index (χ4n) is 3.01. The summed E-state index contributed by atoms with van der Waals surface area (Å²) in [5.74, 6) is 0.820. The van der Waals surface area contributed by atoms with Crippen LogP contribution in [0.4, 0.5) is 0 Å². The zero-order valence-electron chi connectivity index (χ0n) is 13.3. The zero-order valence-corrected chi connectivity index (χ0v) is 13.3. The Morgan fingerprint density at radius 3 is 2.74 bits per heavy atom. The molecule has 4 rings (SSSR count). The van der Waals surface area contributed by atoms with Crippen LogP contribution in [0.5, 0.6) is 0 Å². The van der Waals surface area contributed by atoms with E-state index in [0.29, 0.717) is 0 Å². The minimum atomic E-state index is 0.790. The molecule has 0 radical (unpaired) electrons. The molecule has 0 N–H and O–H groups in total. The third-order valence-electron chi connectivity index (χ3n) is 4.04. The molecule has 4 heterocycles. The summed E-state index contributed by atoms with van der Waals surface area (Å²) in [5, 5.41) is 8.96. The van der Waals surface area contributed by atoms with Gasteiger partial charge in [0.25, 0.3) is 0 Å². The predicted molar refractivity (Wildman–Crippen MR) is 86.5 cm³/mol. The van der Waals surface area contributed by atoms with E-state index < -0.39 is 0 Å². The van der Waals surface area contributed by atoms with Crippen LogP contribution in [0.1, 0.15) is 18.3 Å². The Morgan fingerprint density at radius 2 is 1.96 bits per heavy atom. The molecule has 0 spiro atoms. The van der Waals surface area contributed by atoms with Crippen LogP contribution in [0.2, 0.25) is 0 Å². The second-order valence-corrected chi connectivity index (χ2v) is 5.40. The topological polar surface area (TPSA) is 65.8 Å². The van der Waals surface area contributed by atoms with Crippen LogP contribution in [0.15, 0.2) is 37.1 Å². The maximum absolute atomic E-state index is 4.60. The molecule has 7 heteroatoms. The van der Waals surface area contributed by atoms with E-state index in [1.807, 2.05) is 30.1 Å². The first-order valence-corrected chi connectivity index (χ1v) is 7.57. The number of hydrogen-bond acceptors (Lipinski definition) is 4. The van der Waals surface area contributed by atoms with Gasteiger partial charge < -0.3 is 0 Å². The number of aromatic nitrogens is 7. The molecule has 0 amide bonds. The molecular formula is C16H17N7. The highest BCUT2D eigenvalue weighted by Gasteiger charge is 2.19. The molecule has 0 saturated carbocycles. The molecule has 116 valence electrons. The predicted octanol–water partition coefficient (Wildman–Crippen LogP) is 2.42. The van der Waals surface area contributed by atoms with E-state index in [9.17, 15) is 0 Å². The third-order valence-corrected chi connectivity index (χ3v) is 4.04. The Labute approximate surface area is 133 Å². The fourth-order valence-corrected chi connectivity index (χ4v) is 3.01. The Kier molecular flexibility index (Phi) is 3.00. The summed E-state index contributed by atoms with van der Waals surface area (Å²) in [6.45, 7) is 7.03. The summed E-state index contributed by atoms with van der Waals surface area (Å²) >= 11 is 0. The van der Waals surface area contributed by atoms with Crippen LogP contribution in [0, 0.1) is 13.8 Å². The quantitative estimate of drug-likeness (QED) is 0.583. The SMILES string of the molecule is CCn1nc(C)c(-n2ccnc2-c2cnn3cccnc23)c1C. The largest absolute Gasteiger partial charge is 0.296 e. The molecule has 4 aromatic rings. The van der Waals surface area contributed by atoms with Crippen molar-refractivity contribution in [2.75, 3.05) is 0 Å². The third kappa shape index (κ3) is 1.97. The van der Waals surface area contributed by atoms with Gasteiger partial charge in [0.15, 0.2) is 5.65 Å². The Morgan fingerprint density at radius 1 is 1.09 bits per heavy atom. The van der Waals surface area contributed by atoms with Crippen molar-refractivity contribution in [3.05, 3.63) is 48.4 Å². The maximum Gasteiger partial charge on any atom is 0.165 e. The van der Waals surface area contributed by atoms with Gasteiger partial charge in [-0.05, 0) is 26.8 Å². The lowest BCUT2D eigenvalue weighted by molar-refractivity contribution is 0.634. The van der Waals surface area contributed by atoms with Gasteiger partial charge in [-0.3, -0.25) is 9.25 Å². The van der Waals surface area contributed by atoms with Crippen LogP contribution in [-0.4, -0.2) is 33.9 Å². The molecule has 0 aliphatic heterocycles. The molecule has 0 aliphatic rings. The van der Waals surface area contributed by atoms with Crippen LogP contribution in [0.25, 0.3) is 22.7 Å². The van der Waals surface area contributed by atoms with Crippen LogP contribution in [-0.2, 0) is 6.54 Å². The van der Waals surface area contributed by atoms with Gasteiger partial charge in [0, 0.05) is 31.3 Å². The summed E-state index contributed by atoms with van der Waals surface area (Å²) in [7, 11) is 0. The molecule has 0 bridgehead atoms. The molecule has 0 aliphatic carbocycles. The Hall–Kier alpha value is -2.96. The van der Waals surface area contributed by atoms with Crippen LogP contribution < -0.4 is 0 Å². The van der Waals surface area contributed by atoms with E-state index in [1.54, 1.807) is 23.1 Å². The van der Waals surface area contributed by atoms with Crippen molar-refractivity contribution in [3.63, 3.8) is 0 Å². The summed E-state index contributed by atoms with van der Waals surface area (Å²) in [6, 6.07) is 1.86. The Balaban J connectivity index is 1.95. The summed E-state index contributed by atoms with van der Waals surface area (Å²) in [5.41, 5.74) is 4.85. The van der Waals surface area contributed by atoms with Gasteiger partial charge in [0.1, 0.15) is 5.82 Å². The minimum absolute atomic E-state index is 0.790. The monoisotopic (exact) mass is 307 g/mol. The lowest BCUT2D eigenvalue weighted by Crippen LogP contribution is -2.02. The molecule has 0 unspecified atom stereocenters. The van der Waals surface area contributed by atoms with Crippen molar-refractivity contribution in [2.24, 2.45) is 0 Å². The highest BCUT2D eigenvalue weighted by Crippen LogP contribution is 2.27. The second kappa shape index (κ2) is 5.05. The molecule has 0 fully saturated rings. The van der Waals surface area contributed by atoms with Gasteiger partial charge >= 0.3 is 0 Å². The molecule has 0 atom stereocenters. The lowest BCUT2D eigenvalue weighted by atomic mass is 10.2. The summed E-state index contributed by atoms with van der Waals surface area (Å²) < 4.78 is 5.82. The van der Waals surface area contributed by atoms with Crippen molar-refractivity contribution in [2.45, 2.75) is 27.3 Å². The van der Waals surface area contributed by atoms with Gasteiger partial charge in [-0.2, -0.15) is 10.2 Å². The van der Waals surface area contributed by atoms with Crippen molar-refractivity contribution < 1.29 is 0 Å². The first kappa shape index (κ1) is 13.7. The van der Waals surface area contributed by atoms with E-state index in [0.717, 1.165) is 40.7 Å². The van der Waals surface area contributed by atoms with Gasteiger partial charge in [-0.15, -0.1) is 0 Å². The highest BCUT2D eigenvalue weighted by atomic mass is 15.3. The van der Waals surface area contributed by atoms with Crippen molar-refractivity contribution in [1.29, 1.82) is 0 Å². The van der Waals surface area contributed by atoms with Crippen LogP contribution in [0.3, 0.4) is 0 Å². The molecule has 4 aromatic heterocycles. The first-order valence-electron chi connectivity index (χ1n) is 7.57. The number of aryl methyl sites for hydroxylation is 2. The van der Waals surface area contributed by atoms with Gasteiger partial charge in [0.2, 0.25) is 0 Å². The van der Waals surface area contributed by atoms with Crippen molar-refractivity contribution in [3.8, 4) is 17.1 Å². The molecule has 0 aromatic carbocycles. The van der Waals surface area contributed by atoms with Gasteiger partial charge in [-0.1, -0.05) is 0 Å². The fraction of sp³-hybridized carbons (Fsp3) is 0.250. The average molecular weight is 307 g/mol. The van der Waals surface area contributed by atoms with Gasteiger partial charge in [0.05, 0.1) is 28.8 Å². The van der Waals surface area contributed by atoms with E-state index >= 15 is 0 Å². The first-order chi connectivity index (χ1) is 11.2. The summed E-state index contributed by atoms with van der Waals surface area (Å²) in [6.07, 6.45) is 9.20. The van der Waals surface area contributed by atoms with Gasteiger partial charge in [-0.25, -0.2) is 14.5 Å². The van der Waals surface area contributed by atoms with Crippen molar-refractivity contribution in [1.82, 2.24) is 33.9 Å². The highest BCUT2D eigenvalue weighted by molar-refractivity contribution is 5.73. The molecule has 23 heavy (non-hydrogen) atoms. The number of imidazole rings is 1. The van der Waals surface area contributed by atoms with E-state index in [-0.39, 0.29) is 0 Å². The van der Waals surface area contributed by atoms with E-state index in [1.165, 1.54) is 0 Å². The summed E-state index contributed by atoms with van der Waals surface area (Å²) in [4.78, 5) is 8.96. The molecule has 0 saturated heterocycles. The normalized spacial score (nSPS) is 11.4. The Bertz CT molecular complexity index is 989. The number of rotatable bonds is 3. The average Bonchev–Trinajstić information content (AvgIpc) is 3.24. The lowest BCUT2D eigenvalue weighted by Gasteiger charge is -2.08. The second-order valence-electron chi connectivity index (χ2n) is 5.40. The molecule has 7 nitrogen and oxygen atoms in total. The van der Waals surface area contributed by atoms with E-state index in [2.05, 4.69) is 38.6 Å². The number of hydrogen-bond donors (Lipinski definition) is 0. The number of fused-ring (bicyclic) bond motifs is 1. The van der Waals surface area contributed by atoms with Crippen molar-refractivity contribution >= 4 is 5.65 Å². The standard InChI is InChI=1S/C16H17N7/c1-4-22-12(3)14(11(2)20-22)21-9-7-18-15(21)13-10-19-23-8-5-6-17-16(13)23/h5-10H,4H2,1-3H3. The minimum Gasteiger partial charge on any atom is -0.296 e.